The van der Waals surface area contributed by atoms with E-state index in [4.69, 9.17) is 0 Å². The molecular weight excluding hydrogens is 376 g/mol. The first-order valence-corrected chi connectivity index (χ1v) is 11.0. The molecule has 2 N–H and O–H groups in total. The second kappa shape index (κ2) is 8.79. The van der Waals surface area contributed by atoms with Crippen LogP contribution < -0.4 is 10.6 Å². The third-order valence-corrected chi connectivity index (χ3v) is 7.69. The smallest absolute Gasteiger partial charge is 0.252 e. The third kappa shape index (κ3) is 5.53. The molecule has 0 aliphatic carbocycles. The highest BCUT2D eigenvalue weighted by Crippen LogP contribution is 2.23. The molecule has 138 valence electrons. The monoisotopic (exact) mass is 400 g/mol. The first-order chi connectivity index (χ1) is 11.8. The van der Waals surface area contributed by atoms with Gasteiger partial charge in [0.1, 0.15) is 4.21 Å². The van der Waals surface area contributed by atoms with Crippen LogP contribution in [0.25, 0.3) is 0 Å². The fraction of sp³-hybridized carbons (Fsp3) is 0.438. The van der Waals surface area contributed by atoms with E-state index in [1.165, 1.54) is 39.5 Å². The number of hydrogen-bond acceptors (Lipinski definition) is 5. The quantitative estimate of drug-likeness (QED) is 0.553. The van der Waals surface area contributed by atoms with Crippen LogP contribution in [0.15, 0.2) is 33.5 Å². The van der Waals surface area contributed by atoms with E-state index in [1.807, 2.05) is 13.0 Å². The molecule has 0 unspecified atom stereocenters. The Kier molecular flexibility index (Phi) is 7.00. The van der Waals surface area contributed by atoms with Gasteiger partial charge in [-0.25, -0.2) is 17.7 Å². The number of thiophene rings is 2. The molecule has 2 aromatic rings. The summed E-state index contributed by atoms with van der Waals surface area (Å²) < 4.78 is 25.8. The first kappa shape index (κ1) is 19.9. The van der Waals surface area contributed by atoms with Gasteiger partial charge in [0.15, 0.2) is 5.96 Å². The van der Waals surface area contributed by atoms with Crippen molar-refractivity contribution in [1.82, 2.24) is 14.9 Å². The lowest BCUT2D eigenvalue weighted by atomic mass is 10.4. The SMILES string of the molecule is CCNC(=NCc1ccc(C)s1)NCc1ccc(S(=O)(=O)N(C)C)s1. The number of hydrogen-bond donors (Lipinski definition) is 2. The second-order valence-electron chi connectivity index (χ2n) is 5.57. The van der Waals surface area contributed by atoms with E-state index in [0.29, 0.717) is 17.3 Å². The Bertz CT molecular complexity index is 822. The van der Waals surface area contributed by atoms with Crippen molar-refractivity contribution in [1.29, 1.82) is 0 Å². The van der Waals surface area contributed by atoms with Crippen molar-refractivity contribution >= 4 is 38.7 Å². The third-order valence-electron chi connectivity index (χ3n) is 3.34. The molecule has 0 aliphatic rings. The molecule has 0 bridgehead atoms. The van der Waals surface area contributed by atoms with Crippen molar-refractivity contribution in [2.75, 3.05) is 20.6 Å². The van der Waals surface area contributed by atoms with Gasteiger partial charge in [-0.2, -0.15) is 0 Å². The fourth-order valence-electron chi connectivity index (χ4n) is 2.01. The highest BCUT2D eigenvalue weighted by Gasteiger charge is 2.19. The number of nitrogens with one attached hydrogen (secondary N) is 2. The summed E-state index contributed by atoms with van der Waals surface area (Å²) in [5, 5.41) is 6.46. The molecule has 0 amide bonds. The van der Waals surface area contributed by atoms with Gasteiger partial charge < -0.3 is 10.6 Å². The molecule has 25 heavy (non-hydrogen) atoms. The van der Waals surface area contributed by atoms with E-state index < -0.39 is 10.0 Å². The van der Waals surface area contributed by atoms with Crippen molar-refractivity contribution in [3.8, 4) is 0 Å². The average molecular weight is 401 g/mol. The molecule has 0 spiro atoms. The van der Waals surface area contributed by atoms with Crippen molar-refractivity contribution in [3.63, 3.8) is 0 Å². The Morgan fingerprint density at radius 1 is 1.12 bits per heavy atom. The minimum absolute atomic E-state index is 0.352. The number of nitrogens with zero attached hydrogens (tertiary/aromatic N) is 2. The van der Waals surface area contributed by atoms with E-state index in [0.717, 1.165) is 17.4 Å². The average Bonchev–Trinajstić information content (AvgIpc) is 3.19. The Morgan fingerprint density at radius 2 is 1.84 bits per heavy atom. The zero-order valence-electron chi connectivity index (χ0n) is 14.9. The summed E-state index contributed by atoms with van der Waals surface area (Å²) in [5.74, 6) is 0.721. The summed E-state index contributed by atoms with van der Waals surface area (Å²) in [7, 11) is -0.295. The second-order valence-corrected chi connectivity index (χ2v) is 10.5. The maximum absolute atomic E-state index is 12.1. The maximum Gasteiger partial charge on any atom is 0.252 e. The van der Waals surface area contributed by atoms with Crippen LogP contribution in [0.2, 0.25) is 0 Å². The summed E-state index contributed by atoms with van der Waals surface area (Å²) in [4.78, 5) is 8.01. The van der Waals surface area contributed by atoms with E-state index in [1.54, 1.807) is 17.4 Å². The lowest BCUT2D eigenvalue weighted by molar-refractivity contribution is 0.523. The van der Waals surface area contributed by atoms with E-state index in [9.17, 15) is 8.42 Å². The van der Waals surface area contributed by atoms with Gasteiger partial charge in [0, 0.05) is 35.3 Å². The molecular formula is C16H24N4O2S3. The predicted octanol–water partition coefficient (Wildman–Crippen LogP) is 2.62. The van der Waals surface area contributed by atoms with Gasteiger partial charge in [-0.3, -0.25) is 0 Å². The number of sulfonamides is 1. The molecule has 0 fully saturated rings. The van der Waals surface area contributed by atoms with Crippen molar-refractivity contribution < 1.29 is 8.42 Å². The minimum atomic E-state index is -3.37. The van der Waals surface area contributed by atoms with Gasteiger partial charge in [-0.15, -0.1) is 22.7 Å². The van der Waals surface area contributed by atoms with Crippen LogP contribution in [0.4, 0.5) is 0 Å². The molecule has 0 aromatic carbocycles. The van der Waals surface area contributed by atoms with Crippen LogP contribution in [-0.2, 0) is 23.1 Å². The summed E-state index contributed by atoms with van der Waals surface area (Å²) in [6.45, 7) is 6.01. The topological polar surface area (TPSA) is 73.8 Å². The fourth-order valence-corrected chi connectivity index (χ4v) is 5.29. The van der Waals surface area contributed by atoms with E-state index in [2.05, 4.69) is 34.7 Å². The normalized spacial score (nSPS) is 12.6. The lowest BCUT2D eigenvalue weighted by Crippen LogP contribution is -2.36. The molecule has 2 aromatic heterocycles. The van der Waals surface area contributed by atoms with Gasteiger partial charge in [0.05, 0.1) is 13.1 Å². The molecule has 9 heteroatoms. The van der Waals surface area contributed by atoms with Crippen molar-refractivity contribution in [3.05, 3.63) is 38.9 Å². The number of guanidine groups is 1. The minimum Gasteiger partial charge on any atom is -0.357 e. The Hall–Kier alpha value is -1.42. The molecule has 0 radical (unpaired) electrons. The number of rotatable bonds is 7. The molecule has 0 saturated heterocycles. The lowest BCUT2D eigenvalue weighted by Gasteiger charge is -2.10. The molecule has 0 saturated carbocycles. The Balaban J connectivity index is 2.00. The van der Waals surface area contributed by atoms with Gasteiger partial charge in [0.25, 0.3) is 10.0 Å². The van der Waals surface area contributed by atoms with Crippen molar-refractivity contribution in [2.45, 2.75) is 31.1 Å². The molecule has 0 aliphatic heterocycles. The van der Waals surface area contributed by atoms with Crippen LogP contribution in [0.5, 0.6) is 0 Å². The summed E-state index contributed by atoms with van der Waals surface area (Å²) in [5.41, 5.74) is 0. The van der Waals surface area contributed by atoms with Crippen LogP contribution >= 0.6 is 22.7 Å². The van der Waals surface area contributed by atoms with Crippen LogP contribution in [-0.4, -0.2) is 39.3 Å². The zero-order valence-corrected chi connectivity index (χ0v) is 17.3. The maximum atomic E-state index is 12.1. The summed E-state index contributed by atoms with van der Waals surface area (Å²) in [6, 6.07) is 7.66. The molecule has 0 atom stereocenters. The predicted molar refractivity (Wildman–Crippen MR) is 106 cm³/mol. The largest absolute Gasteiger partial charge is 0.357 e. The number of aliphatic imine (C=N–C) groups is 1. The summed E-state index contributed by atoms with van der Waals surface area (Å²) >= 11 is 3.01. The highest BCUT2D eigenvalue weighted by atomic mass is 32.2. The first-order valence-electron chi connectivity index (χ1n) is 7.91. The molecule has 2 rings (SSSR count). The van der Waals surface area contributed by atoms with Gasteiger partial charge >= 0.3 is 0 Å². The Labute approximate surface area is 157 Å². The zero-order chi connectivity index (χ0) is 18.4. The van der Waals surface area contributed by atoms with E-state index in [-0.39, 0.29) is 0 Å². The van der Waals surface area contributed by atoms with Gasteiger partial charge in [-0.1, -0.05) is 0 Å². The van der Waals surface area contributed by atoms with Crippen LogP contribution in [0.1, 0.15) is 21.6 Å². The van der Waals surface area contributed by atoms with Gasteiger partial charge in [-0.05, 0) is 38.1 Å². The Morgan fingerprint density at radius 3 is 2.44 bits per heavy atom. The molecule has 6 nitrogen and oxygen atoms in total. The summed E-state index contributed by atoms with van der Waals surface area (Å²) in [6.07, 6.45) is 0. The standard InChI is InChI=1S/C16H24N4O2S3/c1-5-17-16(18-10-13-7-6-12(2)23-13)19-11-14-8-9-15(24-14)25(21,22)20(3)4/h6-9H,5,10-11H2,1-4H3,(H2,17,18,19). The van der Waals surface area contributed by atoms with Gasteiger partial charge in [0.2, 0.25) is 0 Å². The number of aryl methyl sites for hydroxylation is 1. The highest BCUT2D eigenvalue weighted by molar-refractivity contribution is 7.91. The van der Waals surface area contributed by atoms with Crippen molar-refractivity contribution in [2.24, 2.45) is 4.99 Å². The molecule has 2 heterocycles. The van der Waals surface area contributed by atoms with E-state index >= 15 is 0 Å². The van der Waals surface area contributed by atoms with Crippen LogP contribution in [0.3, 0.4) is 0 Å². The van der Waals surface area contributed by atoms with Crippen LogP contribution in [0, 0.1) is 6.92 Å².